The molecule has 0 aliphatic rings. The van der Waals surface area contributed by atoms with Gasteiger partial charge < -0.3 is 9.84 Å². The fourth-order valence-corrected chi connectivity index (χ4v) is 2.15. The molecule has 0 saturated heterocycles. The molecule has 0 aliphatic carbocycles. The molecule has 1 N–H and O–H groups in total. The van der Waals surface area contributed by atoms with Crippen LogP contribution in [0.4, 0.5) is 0 Å². The summed E-state index contributed by atoms with van der Waals surface area (Å²) in [4.78, 5) is 15.6. The quantitative estimate of drug-likeness (QED) is 0.758. The van der Waals surface area contributed by atoms with Crippen LogP contribution in [0.2, 0.25) is 0 Å². The number of carbonyl (C=O) groups is 1. The molecule has 0 bridgehead atoms. The largest absolute Gasteiger partial charge is 0.481 e. The van der Waals surface area contributed by atoms with E-state index in [2.05, 4.69) is 4.98 Å². The first-order chi connectivity index (χ1) is 7.13. The monoisotopic (exact) mass is 229 g/mol. The van der Waals surface area contributed by atoms with Crippen LogP contribution in [-0.2, 0) is 22.6 Å². The summed E-state index contributed by atoms with van der Waals surface area (Å²) in [5, 5.41) is 9.52. The molecule has 0 fully saturated rings. The van der Waals surface area contributed by atoms with E-state index in [4.69, 9.17) is 9.84 Å². The minimum Gasteiger partial charge on any atom is -0.481 e. The Hall–Kier alpha value is -0.940. The predicted molar refractivity (Wildman–Crippen MR) is 58.1 cm³/mol. The van der Waals surface area contributed by atoms with Crippen LogP contribution in [0.5, 0.6) is 0 Å². The highest BCUT2D eigenvalue weighted by atomic mass is 32.1. The van der Waals surface area contributed by atoms with Crippen molar-refractivity contribution in [3.05, 3.63) is 15.6 Å². The van der Waals surface area contributed by atoms with Gasteiger partial charge in [0.25, 0.3) is 0 Å². The van der Waals surface area contributed by atoms with Gasteiger partial charge in [0.05, 0.1) is 18.7 Å². The van der Waals surface area contributed by atoms with Crippen LogP contribution in [0.3, 0.4) is 0 Å². The molecule has 0 spiro atoms. The zero-order chi connectivity index (χ0) is 11.3. The van der Waals surface area contributed by atoms with E-state index in [1.54, 1.807) is 0 Å². The van der Waals surface area contributed by atoms with E-state index < -0.39 is 5.97 Å². The van der Waals surface area contributed by atoms with Crippen molar-refractivity contribution < 1.29 is 14.6 Å². The summed E-state index contributed by atoms with van der Waals surface area (Å²) < 4.78 is 5.34. The van der Waals surface area contributed by atoms with Crippen LogP contribution in [-0.4, -0.2) is 22.7 Å². The van der Waals surface area contributed by atoms with Crippen molar-refractivity contribution in [3.63, 3.8) is 0 Å². The summed E-state index contributed by atoms with van der Waals surface area (Å²) in [6, 6.07) is 0. The zero-order valence-corrected chi connectivity index (χ0v) is 9.76. The lowest BCUT2D eigenvalue weighted by atomic mass is 10.3. The maximum Gasteiger partial charge on any atom is 0.308 e. The van der Waals surface area contributed by atoms with Gasteiger partial charge in [-0.3, -0.25) is 4.79 Å². The molecule has 0 atom stereocenters. The number of hydrogen-bond donors (Lipinski definition) is 1. The molecule has 15 heavy (non-hydrogen) atoms. The molecular formula is C10H15NO3S. The van der Waals surface area contributed by atoms with Crippen molar-refractivity contribution in [3.8, 4) is 0 Å². The Bertz CT molecular complexity index is 335. The third-order valence-corrected chi connectivity index (χ3v) is 2.95. The van der Waals surface area contributed by atoms with Crippen LogP contribution in [0, 0.1) is 6.92 Å². The van der Waals surface area contributed by atoms with Crippen molar-refractivity contribution in [2.24, 2.45) is 0 Å². The van der Waals surface area contributed by atoms with Gasteiger partial charge in [0.2, 0.25) is 0 Å². The van der Waals surface area contributed by atoms with Crippen LogP contribution < -0.4 is 0 Å². The van der Waals surface area contributed by atoms with Crippen molar-refractivity contribution in [1.82, 2.24) is 4.98 Å². The number of ether oxygens (including phenoxy) is 1. The Morgan fingerprint density at radius 3 is 2.93 bits per heavy atom. The topological polar surface area (TPSA) is 59.4 Å². The SMILES string of the molecule is CCCOCc1nc(C)c(CC(=O)O)s1. The molecule has 0 saturated carbocycles. The lowest BCUT2D eigenvalue weighted by Gasteiger charge is -1.96. The molecule has 0 aliphatic heterocycles. The van der Waals surface area contributed by atoms with E-state index in [1.165, 1.54) is 11.3 Å². The number of carboxylic acid groups (broad SMARTS) is 1. The molecule has 1 aromatic heterocycles. The number of nitrogens with zero attached hydrogens (tertiary/aromatic N) is 1. The van der Waals surface area contributed by atoms with Gasteiger partial charge >= 0.3 is 5.97 Å². The second-order valence-electron chi connectivity index (χ2n) is 3.24. The van der Waals surface area contributed by atoms with Gasteiger partial charge in [-0.2, -0.15) is 0 Å². The zero-order valence-electron chi connectivity index (χ0n) is 8.95. The molecule has 1 heterocycles. The number of hydrogen-bond acceptors (Lipinski definition) is 4. The fourth-order valence-electron chi connectivity index (χ4n) is 1.16. The average molecular weight is 229 g/mol. The van der Waals surface area contributed by atoms with Crippen molar-refractivity contribution in [1.29, 1.82) is 0 Å². The van der Waals surface area contributed by atoms with E-state index >= 15 is 0 Å². The third kappa shape index (κ3) is 3.97. The number of carboxylic acids is 1. The van der Waals surface area contributed by atoms with Crippen LogP contribution in [0.1, 0.15) is 28.9 Å². The number of aliphatic carboxylic acids is 1. The summed E-state index contributed by atoms with van der Waals surface area (Å²) in [7, 11) is 0. The van der Waals surface area contributed by atoms with Gasteiger partial charge in [-0.25, -0.2) is 4.98 Å². The number of thiazole rings is 1. The lowest BCUT2D eigenvalue weighted by molar-refractivity contribution is -0.136. The smallest absolute Gasteiger partial charge is 0.308 e. The predicted octanol–water partition coefficient (Wildman–Crippen LogP) is 2.01. The van der Waals surface area contributed by atoms with E-state index in [0.29, 0.717) is 13.2 Å². The Morgan fingerprint density at radius 1 is 1.60 bits per heavy atom. The summed E-state index contributed by atoms with van der Waals surface area (Å²) in [5.74, 6) is -0.817. The standard InChI is InChI=1S/C10H15NO3S/c1-3-4-14-6-9-11-7(2)8(15-9)5-10(12)13/h3-6H2,1-2H3,(H,12,13). The first-order valence-corrected chi connectivity index (χ1v) is 5.69. The summed E-state index contributed by atoms with van der Waals surface area (Å²) >= 11 is 1.42. The first-order valence-electron chi connectivity index (χ1n) is 4.88. The Labute approximate surface area is 92.9 Å². The molecule has 1 rings (SSSR count). The maximum absolute atomic E-state index is 10.5. The highest BCUT2D eigenvalue weighted by Crippen LogP contribution is 2.19. The summed E-state index contributed by atoms with van der Waals surface area (Å²) in [6.07, 6.45) is 1.03. The van der Waals surface area contributed by atoms with Gasteiger partial charge in [0, 0.05) is 11.5 Å². The average Bonchev–Trinajstić information content (AvgIpc) is 2.47. The molecule has 0 radical (unpaired) electrons. The Morgan fingerprint density at radius 2 is 2.33 bits per heavy atom. The van der Waals surface area contributed by atoms with Crippen LogP contribution in [0.15, 0.2) is 0 Å². The number of rotatable bonds is 6. The van der Waals surface area contributed by atoms with Crippen molar-refractivity contribution >= 4 is 17.3 Å². The van der Waals surface area contributed by atoms with Crippen LogP contribution >= 0.6 is 11.3 Å². The normalized spacial score (nSPS) is 10.5. The molecule has 0 unspecified atom stereocenters. The van der Waals surface area contributed by atoms with Crippen molar-refractivity contribution in [2.45, 2.75) is 33.3 Å². The second-order valence-corrected chi connectivity index (χ2v) is 4.41. The molecule has 0 amide bonds. The van der Waals surface area contributed by atoms with Gasteiger partial charge in [0.1, 0.15) is 5.01 Å². The third-order valence-electron chi connectivity index (χ3n) is 1.82. The van der Waals surface area contributed by atoms with E-state index in [0.717, 1.165) is 22.0 Å². The van der Waals surface area contributed by atoms with Gasteiger partial charge in [-0.1, -0.05) is 6.92 Å². The highest BCUT2D eigenvalue weighted by molar-refractivity contribution is 7.11. The van der Waals surface area contributed by atoms with E-state index in [-0.39, 0.29) is 6.42 Å². The molecule has 4 nitrogen and oxygen atoms in total. The minimum absolute atomic E-state index is 0.0529. The summed E-state index contributed by atoms with van der Waals surface area (Å²) in [5.41, 5.74) is 0.803. The Balaban J connectivity index is 2.56. The molecule has 84 valence electrons. The van der Waals surface area contributed by atoms with Crippen molar-refractivity contribution in [2.75, 3.05) is 6.61 Å². The fraction of sp³-hybridized carbons (Fsp3) is 0.600. The lowest BCUT2D eigenvalue weighted by Crippen LogP contribution is -1.99. The molecular weight excluding hydrogens is 214 g/mol. The van der Waals surface area contributed by atoms with Gasteiger partial charge in [-0.05, 0) is 13.3 Å². The van der Waals surface area contributed by atoms with E-state index in [9.17, 15) is 4.79 Å². The van der Waals surface area contributed by atoms with Gasteiger partial charge in [-0.15, -0.1) is 11.3 Å². The first kappa shape index (κ1) is 12.1. The second kappa shape index (κ2) is 5.82. The highest BCUT2D eigenvalue weighted by Gasteiger charge is 2.10. The van der Waals surface area contributed by atoms with Crippen LogP contribution in [0.25, 0.3) is 0 Å². The number of aryl methyl sites for hydroxylation is 1. The van der Waals surface area contributed by atoms with Gasteiger partial charge in [0.15, 0.2) is 0 Å². The molecule has 5 heteroatoms. The molecule has 1 aromatic rings. The minimum atomic E-state index is -0.817. The number of aromatic nitrogens is 1. The summed E-state index contributed by atoms with van der Waals surface area (Å²) in [6.45, 7) is 5.08. The molecule has 0 aromatic carbocycles. The maximum atomic E-state index is 10.5. The van der Waals surface area contributed by atoms with E-state index in [1.807, 2.05) is 13.8 Å². The Kier molecular flexibility index (Phi) is 4.71.